The molecule has 0 saturated heterocycles. The van der Waals surface area contributed by atoms with Gasteiger partial charge in [0.1, 0.15) is 0 Å². The second kappa shape index (κ2) is 8.60. The van der Waals surface area contributed by atoms with Crippen molar-refractivity contribution in [1.29, 1.82) is 0 Å². The van der Waals surface area contributed by atoms with Crippen molar-refractivity contribution in [1.82, 2.24) is 0 Å². The summed E-state index contributed by atoms with van der Waals surface area (Å²) in [6.45, 7) is 9.24. The first kappa shape index (κ1) is 23.8. The van der Waals surface area contributed by atoms with Gasteiger partial charge in [-0.25, -0.2) is 0 Å². The Morgan fingerprint density at radius 3 is 2.07 bits per heavy atom. The van der Waals surface area contributed by atoms with E-state index in [4.69, 9.17) is 0 Å². The van der Waals surface area contributed by atoms with Gasteiger partial charge >= 0.3 is 184 Å². The third kappa shape index (κ3) is 3.57. The maximum Gasteiger partial charge on any atom is -1.00 e. The molecule has 2 unspecified atom stereocenters. The molecule has 30 heavy (non-hydrogen) atoms. The van der Waals surface area contributed by atoms with E-state index in [0.29, 0.717) is 3.63 Å². The minimum atomic E-state index is -0.433. The van der Waals surface area contributed by atoms with Gasteiger partial charge in [-0.2, -0.15) is 0 Å². The average Bonchev–Trinajstić information content (AvgIpc) is 3.07. The first-order valence-electron chi connectivity index (χ1n) is 9.93. The van der Waals surface area contributed by atoms with E-state index in [1.165, 1.54) is 22.0 Å². The number of benzene rings is 3. The smallest absolute Gasteiger partial charge is 1.00 e. The summed E-state index contributed by atoms with van der Waals surface area (Å²) in [5, 5.41) is 4.59. The van der Waals surface area contributed by atoms with E-state index in [0.717, 1.165) is 0 Å². The molecule has 1 aliphatic carbocycles. The average molecular weight is 530 g/mol. The van der Waals surface area contributed by atoms with Gasteiger partial charge in [-0.3, -0.25) is 0 Å². The van der Waals surface area contributed by atoms with Crippen molar-refractivity contribution in [2.24, 2.45) is 0 Å². The van der Waals surface area contributed by atoms with Crippen LogP contribution in [0.3, 0.4) is 0 Å². The van der Waals surface area contributed by atoms with Crippen LogP contribution in [0.4, 0.5) is 0 Å². The van der Waals surface area contributed by atoms with Crippen LogP contribution >= 0.6 is 7.53 Å². The van der Waals surface area contributed by atoms with Crippen LogP contribution in [0.5, 0.6) is 0 Å². The zero-order valence-electron chi connectivity index (χ0n) is 17.6. The fraction of sp³-hybridized carbons (Fsp3) is 0.231. The molecule has 0 N–H and O–H groups in total. The maximum atomic E-state index is 2.43. The van der Waals surface area contributed by atoms with E-state index in [9.17, 15) is 0 Å². The molecule has 1 aromatic heterocycles. The van der Waals surface area contributed by atoms with Gasteiger partial charge in [-0.15, -0.1) is 0 Å². The van der Waals surface area contributed by atoms with Crippen molar-refractivity contribution in [3.05, 3.63) is 82.8 Å². The molecule has 5 rings (SSSR count). The van der Waals surface area contributed by atoms with Crippen LogP contribution in [-0.2, 0) is 30.1 Å². The second-order valence-electron chi connectivity index (χ2n) is 8.89. The Kier molecular flexibility index (Phi) is 6.83. The summed E-state index contributed by atoms with van der Waals surface area (Å²) in [4.78, 5) is 1.65. The van der Waals surface area contributed by atoms with Gasteiger partial charge in [-0.05, 0) is 0 Å². The molecule has 0 radical (unpaired) electrons. The maximum absolute atomic E-state index is 2.43. The third-order valence-corrected chi connectivity index (χ3v) is 10.6. The Bertz CT molecular complexity index is 1250. The zero-order chi connectivity index (χ0) is 19.6. The third-order valence-electron chi connectivity index (χ3n) is 6.09. The van der Waals surface area contributed by atoms with E-state index in [-0.39, 0.29) is 30.2 Å². The van der Waals surface area contributed by atoms with Gasteiger partial charge in [0, 0.05) is 0 Å². The Labute approximate surface area is 207 Å². The molecule has 0 nitrogen and oxygen atoms in total. The molecule has 1 aliphatic rings. The predicted molar refractivity (Wildman–Crippen MR) is 119 cm³/mol. The normalized spacial score (nSPS) is 15.9. The molecule has 1 heterocycles. The van der Waals surface area contributed by atoms with Gasteiger partial charge in [0.05, 0.1) is 0 Å². The Morgan fingerprint density at radius 1 is 0.833 bits per heavy atom. The molecule has 0 aliphatic heterocycles. The van der Waals surface area contributed by atoms with Crippen LogP contribution in [0.25, 0.3) is 32.5 Å². The predicted octanol–water partition coefficient (Wildman–Crippen LogP) is 1.28. The fourth-order valence-electron chi connectivity index (χ4n) is 4.54. The largest absolute Gasteiger partial charge is 1.00 e. The van der Waals surface area contributed by atoms with Gasteiger partial charge < -0.3 is 24.8 Å². The molecule has 151 valence electrons. The van der Waals surface area contributed by atoms with Gasteiger partial charge in [0.25, 0.3) is 0 Å². The monoisotopic (exact) mass is 527 g/mol. The Morgan fingerprint density at radius 2 is 1.47 bits per heavy atom. The minimum Gasteiger partial charge on any atom is -1.00 e. The van der Waals surface area contributed by atoms with Crippen LogP contribution in [0, 0.1) is 0 Å². The van der Waals surface area contributed by atoms with Crippen LogP contribution < -0.4 is 29.8 Å². The van der Waals surface area contributed by atoms with Gasteiger partial charge in [-0.1, -0.05) is 0 Å². The van der Waals surface area contributed by atoms with Gasteiger partial charge in [0.15, 0.2) is 0 Å². The van der Waals surface area contributed by atoms with Crippen LogP contribution in [0.15, 0.2) is 66.7 Å². The first-order chi connectivity index (χ1) is 13.4. The summed E-state index contributed by atoms with van der Waals surface area (Å²) in [5.41, 5.74) is 7.66. The van der Waals surface area contributed by atoms with Crippen molar-refractivity contribution in [2.75, 3.05) is 0 Å². The summed E-state index contributed by atoms with van der Waals surface area (Å²) in [7, 11) is -0.433. The van der Waals surface area contributed by atoms with Crippen molar-refractivity contribution < 1.29 is 49.5 Å². The molecule has 0 spiro atoms. The number of halogens is 2. The zero-order valence-corrected chi connectivity index (χ0v) is 22.5. The molecule has 4 heteroatoms. The van der Waals surface area contributed by atoms with Crippen LogP contribution in [-0.4, -0.2) is 0 Å². The van der Waals surface area contributed by atoms with Crippen molar-refractivity contribution in [3.63, 3.8) is 0 Å². The van der Waals surface area contributed by atoms with E-state index in [2.05, 4.69) is 94.4 Å². The van der Waals surface area contributed by atoms with Crippen molar-refractivity contribution >= 4 is 23.6 Å². The standard InChI is InChI=1S/C26H24P.2ClH.Zr/c1-17-16-19-12-15-22-23(18-10-13-20(14-11-18)26(2,3)4)24(19)25(17)27(22)21-8-6-5-7-9-21;;;/h5-16H,1-4H3;2*1H;/q;;;+2/p-2. The van der Waals surface area contributed by atoms with E-state index in [1.54, 1.807) is 51.3 Å². The van der Waals surface area contributed by atoms with E-state index in [1.807, 2.05) is 0 Å². The minimum absolute atomic E-state index is 0. The fourth-order valence-corrected chi connectivity index (χ4v) is 8.67. The summed E-state index contributed by atoms with van der Waals surface area (Å²) in [5.74, 6) is 0. The summed E-state index contributed by atoms with van der Waals surface area (Å²) in [6.07, 6.45) is 0. The number of rotatable bonds is 2. The molecule has 2 atom stereocenters. The van der Waals surface area contributed by atoms with Crippen molar-refractivity contribution in [3.8, 4) is 16.4 Å². The molecule has 0 fully saturated rings. The quantitative estimate of drug-likeness (QED) is 0.367. The molecule has 0 saturated carbocycles. The van der Waals surface area contributed by atoms with Gasteiger partial charge in [0.2, 0.25) is 0 Å². The molecule has 4 aromatic rings. The molecule has 3 aromatic carbocycles. The topological polar surface area (TPSA) is 0 Å². The molecule has 0 amide bonds. The summed E-state index contributed by atoms with van der Waals surface area (Å²) < 4.78 is 0.618. The Hall–Kier alpha value is -0.837. The number of hydrogen-bond acceptors (Lipinski definition) is 0. The van der Waals surface area contributed by atoms with E-state index < -0.39 is 7.53 Å². The van der Waals surface area contributed by atoms with E-state index >= 15 is 0 Å². The molecule has 2 bridgehead atoms. The number of hydrogen-bond donors (Lipinski definition) is 0. The molecular weight excluding hydrogens is 505 g/mol. The SMILES string of the molecule is CC1=c2c3c(ccc(c3-c3ccc(C(C)(C)C)cc3)p2-c2ccccc2)[CH]1[Zr+2].[Cl-].[Cl-]. The summed E-state index contributed by atoms with van der Waals surface area (Å²) >= 11 is 1.61. The van der Waals surface area contributed by atoms with Crippen molar-refractivity contribution in [2.45, 2.75) is 36.7 Å². The summed E-state index contributed by atoms with van der Waals surface area (Å²) in [6, 6.07) is 25.4. The number of fused-ring (bicyclic) bond motifs is 1. The second-order valence-corrected chi connectivity index (χ2v) is 12.4. The van der Waals surface area contributed by atoms with Crippen LogP contribution in [0.1, 0.15) is 42.4 Å². The Balaban J connectivity index is 0.00000128. The molecular formula is C26H24Cl2PZr. The first-order valence-corrected chi connectivity index (χ1v) is 12.7. The van der Waals surface area contributed by atoms with Crippen LogP contribution in [0.2, 0.25) is 0 Å².